The Morgan fingerprint density at radius 2 is 2.27 bits per heavy atom. The monoisotopic (exact) mass is 211 g/mol. The maximum absolute atomic E-state index is 10.8. The number of ether oxygens (including phenoxy) is 1. The van der Waals surface area contributed by atoms with Gasteiger partial charge in [0, 0.05) is 6.07 Å². The molecular formula is C10H13NO4. The Morgan fingerprint density at radius 3 is 2.80 bits per heavy atom. The third kappa shape index (κ3) is 2.90. The minimum absolute atomic E-state index is 0.0700. The minimum Gasteiger partial charge on any atom is -0.468 e. The second kappa shape index (κ2) is 5.29. The molecule has 15 heavy (non-hydrogen) atoms. The Balaban J connectivity index is 2.73. The number of carbonyl (C=O) groups is 2. The quantitative estimate of drug-likeness (QED) is 0.661. The zero-order chi connectivity index (χ0) is 11.3. The van der Waals surface area contributed by atoms with Crippen LogP contribution in [0.4, 0.5) is 0 Å². The van der Waals surface area contributed by atoms with Crippen molar-refractivity contribution in [3.05, 3.63) is 11.8 Å². The van der Waals surface area contributed by atoms with E-state index in [4.69, 9.17) is 9.26 Å². The van der Waals surface area contributed by atoms with E-state index in [1.54, 1.807) is 0 Å². The highest BCUT2D eigenvalue weighted by Crippen LogP contribution is 2.25. The van der Waals surface area contributed by atoms with Gasteiger partial charge in [-0.3, -0.25) is 4.79 Å². The molecule has 0 aliphatic carbocycles. The summed E-state index contributed by atoms with van der Waals surface area (Å²) in [7, 11) is 0. The van der Waals surface area contributed by atoms with Crippen LogP contribution >= 0.6 is 0 Å². The van der Waals surface area contributed by atoms with Crippen LogP contribution in [0, 0.1) is 5.92 Å². The van der Waals surface area contributed by atoms with Crippen LogP contribution in [-0.4, -0.2) is 24.3 Å². The van der Waals surface area contributed by atoms with Crippen molar-refractivity contribution in [2.75, 3.05) is 6.61 Å². The van der Waals surface area contributed by atoms with E-state index in [1.165, 1.54) is 6.07 Å². The molecule has 1 heterocycles. The Labute approximate surface area is 87.4 Å². The maximum atomic E-state index is 10.8. The molecule has 0 aliphatic heterocycles. The number of carbonyl (C=O) groups excluding carboxylic acids is 2. The van der Waals surface area contributed by atoms with Gasteiger partial charge in [-0.1, -0.05) is 13.8 Å². The third-order valence-corrected chi connectivity index (χ3v) is 2.00. The summed E-state index contributed by atoms with van der Waals surface area (Å²) < 4.78 is 9.88. The minimum atomic E-state index is -0.328. The van der Waals surface area contributed by atoms with E-state index in [0.29, 0.717) is 12.0 Å². The first kappa shape index (κ1) is 11.4. The second-order valence-corrected chi connectivity index (χ2v) is 3.45. The lowest BCUT2D eigenvalue weighted by Gasteiger charge is -2.08. The van der Waals surface area contributed by atoms with Crippen molar-refractivity contribution >= 4 is 12.6 Å². The van der Waals surface area contributed by atoms with Crippen LogP contribution in [0.25, 0.3) is 0 Å². The SMILES string of the molecule is CC(C)[C@@H](C=O)c1cc(OCC=O)no1. The van der Waals surface area contributed by atoms with E-state index >= 15 is 0 Å². The molecule has 0 bridgehead atoms. The lowest BCUT2D eigenvalue weighted by Crippen LogP contribution is -2.06. The largest absolute Gasteiger partial charge is 0.468 e. The predicted octanol–water partition coefficient (Wildman–Crippen LogP) is 1.19. The summed E-state index contributed by atoms with van der Waals surface area (Å²) in [5.41, 5.74) is 0. The summed E-state index contributed by atoms with van der Waals surface area (Å²) in [4.78, 5) is 20.8. The van der Waals surface area contributed by atoms with E-state index in [2.05, 4.69) is 5.16 Å². The van der Waals surface area contributed by atoms with Crippen LogP contribution in [0.15, 0.2) is 10.6 Å². The van der Waals surface area contributed by atoms with Crippen molar-refractivity contribution in [2.24, 2.45) is 5.92 Å². The molecule has 5 heteroatoms. The van der Waals surface area contributed by atoms with Crippen LogP contribution in [-0.2, 0) is 9.59 Å². The molecule has 1 atom stereocenters. The normalized spacial score (nSPS) is 12.5. The van der Waals surface area contributed by atoms with Gasteiger partial charge < -0.3 is 14.1 Å². The summed E-state index contributed by atoms with van der Waals surface area (Å²) in [6.07, 6.45) is 1.43. The zero-order valence-corrected chi connectivity index (χ0v) is 8.67. The number of nitrogens with zero attached hydrogens (tertiary/aromatic N) is 1. The molecule has 0 unspecified atom stereocenters. The molecular weight excluding hydrogens is 198 g/mol. The van der Waals surface area contributed by atoms with Gasteiger partial charge in [0.2, 0.25) is 0 Å². The Bertz CT molecular complexity index is 332. The molecule has 0 aliphatic rings. The third-order valence-electron chi connectivity index (χ3n) is 2.00. The summed E-state index contributed by atoms with van der Waals surface area (Å²) in [6, 6.07) is 1.53. The van der Waals surface area contributed by atoms with Gasteiger partial charge in [-0.25, -0.2) is 0 Å². The van der Waals surface area contributed by atoms with Crippen molar-refractivity contribution in [2.45, 2.75) is 19.8 Å². The Morgan fingerprint density at radius 1 is 1.53 bits per heavy atom. The molecule has 1 aromatic heterocycles. The molecule has 0 spiro atoms. The van der Waals surface area contributed by atoms with E-state index < -0.39 is 0 Å². The summed E-state index contributed by atoms with van der Waals surface area (Å²) in [6.45, 7) is 3.75. The van der Waals surface area contributed by atoms with Crippen LogP contribution < -0.4 is 4.74 Å². The number of aldehydes is 2. The van der Waals surface area contributed by atoms with Crippen molar-refractivity contribution < 1.29 is 18.8 Å². The van der Waals surface area contributed by atoms with E-state index in [9.17, 15) is 9.59 Å². The van der Waals surface area contributed by atoms with Crippen LogP contribution in [0.1, 0.15) is 25.5 Å². The second-order valence-electron chi connectivity index (χ2n) is 3.45. The molecule has 0 saturated heterocycles. The Kier molecular flexibility index (Phi) is 4.03. The van der Waals surface area contributed by atoms with Gasteiger partial charge in [0.05, 0.1) is 5.92 Å². The fourth-order valence-corrected chi connectivity index (χ4v) is 1.17. The van der Waals surface area contributed by atoms with E-state index in [-0.39, 0.29) is 24.3 Å². The maximum Gasteiger partial charge on any atom is 0.254 e. The average Bonchev–Trinajstić information content (AvgIpc) is 2.64. The van der Waals surface area contributed by atoms with Crippen LogP contribution in [0.5, 0.6) is 5.88 Å². The standard InChI is InChI=1S/C10H13NO4/c1-7(2)8(6-13)9-5-10(11-15-9)14-4-3-12/h3,5-8H,4H2,1-2H3/t8-/m1/s1. The van der Waals surface area contributed by atoms with Gasteiger partial charge in [-0.05, 0) is 11.1 Å². The highest BCUT2D eigenvalue weighted by atomic mass is 16.5. The fraction of sp³-hybridized carbons (Fsp3) is 0.500. The van der Waals surface area contributed by atoms with Crippen molar-refractivity contribution in [3.8, 4) is 5.88 Å². The number of rotatable bonds is 6. The highest BCUT2D eigenvalue weighted by Gasteiger charge is 2.20. The number of aromatic nitrogens is 1. The highest BCUT2D eigenvalue weighted by molar-refractivity contribution is 5.61. The number of hydrogen-bond acceptors (Lipinski definition) is 5. The van der Waals surface area contributed by atoms with Gasteiger partial charge in [-0.2, -0.15) is 0 Å². The first-order valence-electron chi connectivity index (χ1n) is 4.67. The molecule has 5 nitrogen and oxygen atoms in total. The smallest absolute Gasteiger partial charge is 0.254 e. The Hall–Kier alpha value is -1.65. The molecule has 0 aromatic carbocycles. The molecule has 0 N–H and O–H groups in total. The summed E-state index contributed by atoms with van der Waals surface area (Å²) in [5.74, 6) is 0.492. The molecule has 82 valence electrons. The van der Waals surface area contributed by atoms with Gasteiger partial charge in [0.15, 0.2) is 12.0 Å². The predicted molar refractivity (Wildman–Crippen MR) is 51.7 cm³/mol. The molecule has 0 saturated carbocycles. The van der Waals surface area contributed by atoms with Crippen molar-refractivity contribution in [3.63, 3.8) is 0 Å². The van der Waals surface area contributed by atoms with Gasteiger partial charge in [0.25, 0.3) is 5.88 Å². The molecule has 0 radical (unpaired) electrons. The molecule has 0 amide bonds. The molecule has 1 aromatic rings. The number of hydrogen-bond donors (Lipinski definition) is 0. The van der Waals surface area contributed by atoms with Crippen molar-refractivity contribution in [1.82, 2.24) is 5.16 Å². The molecule has 0 fully saturated rings. The summed E-state index contributed by atoms with van der Waals surface area (Å²) >= 11 is 0. The van der Waals surface area contributed by atoms with Gasteiger partial charge in [-0.15, -0.1) is 0 Å². The fourth-order valence-electron chi connectivity index (χ4n) is 1.17. The molecule has 1 rings (SSSR count). The first-order chi connectivity index (χ1) is 7.19. The lowest BCUT2D eigenvalue weighted by molar-refractivity contribution is -0.110. The lowest BCUT2D eigenvalue weighted by atomic mass is 9.95. The van der Waals surface area contributed by atoms with E-state index in [1.807, 2.05) is 13.8 Å². The van der Waals surface area contributed by atoms with E-state index in [0.717, 1.165) is 6.29 Å². The zero-order valence-electron chi connectivity index (χ0n) is 8.67. The van der Waals surface area contributed by atoms with Gasteiger partial charge >= 0.3 is 0 Å². The van der Waals surface area contributed by atoms with Gasteiger partial charge in [0.1, 0.15) is 12.9 Å². The van der Waals surface area contributed by atoms with Crippen LogP contribution in [0.3, 0.4) is 0 Å². The first-order valence-corrected chi connectivity index (χ1v) is 4.67. The topological polar surface area (TPSA) is 69.4 Å². The van der Waals surface area contributed by atoms with Crippen LogP contribution in [0.2, 0.25) is 0 Å². The average molecular weight is 211 g/mol. The van der Waals surface area contributed by atoms with Crippen molar-refractivity contribution in [1.29, 1.82) is 0 Å². The summed E-state index contributed by atoms with van der Waals surface area (Å²) in [5, 5.41) is 3.59.